The molecule has 0 saturated heterocycles. The van der Waals surface area contributed by atoms with Crippen LogP contribution in [0.3, 0.4) is 0 Å². The van der Waals surface area contributed by atoms with E-state index in [0.717, 1.165) is 42.6 Å². The lowest BCUT2D eigenvalue weighted by Crippen LogP contribution is -2.45. The van der Waals surface area contributed by atoms with Crippen molar-refractivity contribution in [2.75, 3.05) is 6.61 Å². The fourth-order valence-corrected chi connectivity index (χ4v) is 3.49. The number of amides is 2. The Morgan fingerprint density at radius 3 is 2.48 bits per heavy atom. The molecule has 1 aliphatic carbocycles. The highest BCUT2D eigenvalue weighted by Crippen LogP contribution is 2.20. The lowest BCUT2D eigenvalue weighted by molar-refractivity contribution is -0.124. The Morgan fingerprint density at radius 2 is 1.83 bits per heavy atom. The lowest BCUT2D eigenvalue weighted by atomic mass is 9.91. The molecule has 0 spiro atoms. The van der Waals surface area contributed by atoms with Crippen LogP contribution in [-0.4, -0.2) is 35.5 Å². The second kappa shape index (κ2) is 9.58. The van der Waals surface area contributed by atoms with Gasteiger partial charge in [0.05, 0.1) is 0 Å². The summed E-state index contributed by atoms with van der Waals surface area (Å²) in [6, 6.07) is 6.14. The highest BCUT2D eigenvalue weighted by molar-refractivity contribution is 5.92. The zero-order chi connectivity index (χ0) is 20.8. The standard InChI is InChI=1S/C22H29N3O4/c1-4-21-25-18(12-29-21)22(27)24-17-9-7-16(8-10-17)23-20(26)13-28-19-11-14(2)5-6-15(19)3/h5-6,11-12,16-17H,4,7-10,13H2,1-3H3,(H,23,26)(H,24,27). The number of carbonyl (C=O) groups is 2. The maximum Gasteiger partial charge on any atom is 0.273 e. The Morgan fingerprint density at radius 1 is 1.14 bits per heavy atom. The molecular formula is C22H29N3O4. The van der Waals surface area contributed by atoms with Gasteiger partial charge in [0.25, 0.3) is 11.8 Å². The van der Waals surface area contributed by atoms with Crippen LogP contribution in [-0.2, 0) is 11.2 Å². The summed E-state index contributed by atoms with van der Waals surface area (Å²) in [5, 5.41) is 6.04. The number of ether oxygens (including phenoxy) is 1. The number of aromatic nitrogens is 1. The van der Waals surface area contributed by atoms with Gasteiger partial charge in [0.15, 0.2) is 18.2 Å². The molecule has 1 aliphatic rings. The van der Waals surface area contributed by atoms with E-state index in [9.17, 15) is 9.59 Å². The van der Waals surface area contributed by atoms with Gasteiger partial charge in [0.1, 0.15) is 12.0 Å². The molecule has 0 bridgehead atoms. The van der Waals surface area contributed by atoms with Gasteiger partial charge in [-0.05, 0) is 56.7 Å². The van der Waals surface area contributed by atoms with Gasteiger partial charge in [0, 0.05) is 18.5 Å². The number of benzene rings is 1. The molecule has 1 saturated carbocycles. The van der Waals surface area contributed by atoms with Gasteiger partial charge in [-0.25, -0.2) is 4.98 Å². The topological polar surface area (TPSA) is 93.5 Å². The van der Waals surface area contributed by atoms with Gasteiger partial charge in [-0.3, -0.25) is 9.59 Å². The van der Waals surface area contributed by atoms with E-state index in [-0.39, 0.29) is 30.5 Å². The molecule has 0 radical (unpaired) electrons. The van der Waals surface area contributed by atoms with E-state index in [1.54, 1.807) is 0 Å². The molecule has 0 unspecified atom stereocenters. The van der Waals surface area contributed by atoms with Crippen molar-refractivity contribution in [3.63, 3.8) is 0 Å². The Balaban J connectivity index is 1.39. The summed E-state index contributed by atoms with van der Waals surface area (Å²) >= 11 is 0. The number of rotatable bonds is 7. The minimum atomic E-state index is -0.206. The Labute approximate surface area is 171 Å². The molecule has 29 heavy (non-hydrogen) atoms. The molecule has 1 heterocycles. The SMILES string of the molecule is CCc1nc(C(=O)NC2CCC(NC(=O)COc3cc(C)ccc3C)CC2)co1. The van der Waals surface area contributed by atoms with Gasteiger partial charge < -0.3 is 19.8 Å². The molecule has 1 aromatic heterocycles. The first-order valence-corrected chi connectivity index (χ1v) is 10.2. The van der Waals surface area contributed by atoms with Crippen molar-refractivity contribution in [3.05, 3.63) is 47.2 Å². The molecule has 1 fully saturated rings. The molecular weight excluding hydrogens is 370 g/mol. The normalized spacial score (nSPS) is 18.9. The second-order valence-electron chi connectivity index (χ2n) is 7.63. The molecule has 0 atom stereocenters. The minimum Gasteiger partial charge on any atom is -0.483 e. The zero-order valence-electron chi connectivity index (χ0n) is 17.3. The van der Waals surface area contributed by atoms with Crippen LogP contribution >= 0.6 is 0 Å². The summed E-state index contributed by atoms with van der Waals surface area (Å²) in [5.74, 6) is 0.978. The Kier molecular flexibility index (Phi) is 6.90. The number of hydrogen-bond acceptors (Lipinski definition) is 5. The molecule has 2 amide bonds. The van der Waals surface area contributed by atoms with E-state index in [0.29, 0.717) is 18.0 Å². The van der Waals surface area contributed by atoms with Gasteiger partial charge >= 0.3 is 0 Å². The van der Waals surface area contributed by atoms with E-state index in [1.165, 1.54) is 6.26 Å². The van der Waals surface area contributed by atoms with Crippen molar-refractivity contribution in [1.29, 1.82) is 0 Å². The summed E-state index contributed by atoms with van der Waals surface area (Å²) < 4.78 is 10.9. The molecule has 7 nitrogen and oxygen atoms in total. The summed E-state index contributed by atoms with van der Waals surface area (Å²) in [4.78, 5) is 28.6. The fourth-order valence-electron chi connectivity index (χ4n) is 3.49. The number of hydrogen-bond donors (Lipinski definition) is 2. The first-order valence-electron chi connectivity index (χ1n) is 10.2. The highest BCUT2D eigenvalue weighted by atomic mass is 16.5. The van der Waals surface area contributed by atoms with Gasteiger partial charge in [-0.15, -0.1) is 0 Å². The maximum absolute atomic E-state index is 12.3. The van der Waals surface area contributed by atoms with E-state index in [4.69, 9.17) is 9.15 Å². The zero-order valence-corrected chi connectivity index (χ0v) is 17.3. The quantitative estimate of drug-likeness (QED) is 0.746. The number of nitrogens with one attached hydrogen (secondary N) is 2. The molecule has 1 aromatic carbocycles. The largest absolute Gasteiger partial charge is 0.483 e. The Hall–Kier alpha value is -2.83. The molecule has 0 aliphatic heterocycles. The molecule has 7 heteroatoms. The van der Waals surface area contributed by atoms with E-state index >= 15 is 0 Å². The number of carbonyl (C=O) groups excluding carboxylic acids is 2. The van der Waals surface area contributed by atoms with Gasteiger partial charge in [-0.1, -0.05) is 19.1 Å². The Bertz CT molecular complexity index is 853. The first-order chi connectivity index (χ1) is 13.9. The average Bonchev–Trinajstić information content (AvgIpc) is 3.20. The highest BCUT2D eigenvalue weighted by Gasteiger charge is 2.25. The summed E-state index contributed by atoms with van der Waals surface area (Å²) in [6.45, 7) is 5.89. The third-order valence-electron chi connectivity index (χ3n) is 5.22. The van der Waals surface area contributed by atoms with E-state index in [1.807, 2.05) is 39.0 Å². The van der Waals surface area contributed by atoms with Gasteiger partial charge in [0.2, 0.25) is 0 Å². The molecule has 2 aromatic rings. The van der Waals surface area contributed by atoms with Crippen LogP contribution in [0.15, 0.2) is 28.9 Å². The van der Waals surface area contributed by atoms with E-state index < -0.39 is 0 Å². The van der Waals surface area contributed by atoms with Crippen LogP contribution in [0.1, 0.15) is 60.1 Å². The summed E-state index contributed by atoms with van der Waals surface area (Å²) in [6.07, 6.45) is 5.32. The van der Waals surface area contributed by atoms with Crippen molar-refractivity contribution in [1.82, 2.24) is 15.6 Å². The third-order valence-corrected chi connectivity index (χ3v) is 5.22. The predicted octanol–water partition coefficient (Wildman–Crippen LogP) is 3.09. The van der Waals surface area contributed by atoms with Gasteiger partial charge in [-0.2, -0.15) is 0 Å². The second-order valence-corrected chi connectivity index (χ2v) is 7.63. The summed E-state index contributed by atoms with van der Waals surface area (Å²) in [5.41, 5.74) is 2.43. The fraction of sp³-hybridized carbons (Fsp3) is 0.500. The van der Waals surface area contributed by atoms with Crippen molar-refractivity contribution in [3.8, 4) is 5.75 Å². The van der Waals surface area contributed by atoms with Crippen molar-refractivity contribution in [2.24, 2.45) is 0 Å². The van der Waals surface area contributed by atoms with Crippen LogP contribution in [0, 0.1) is 13.8 Å². The van der Waals surface area contributed by atoms with Crippen LogP contribution in [0.4, 0.5) is 0 Å². The number of oxazole rings is 1. The van der Waals surface area contributed by atoms with Crippen LogP contribution < -0.4 is 15.4 Å². The monoisotopic (exact) mass is 399 g/mol. The minimum absolute atomic E-state index is 0.00682. The van der Waals surface area contributed by atoms with Crippen molar-refractivity contribution >= 4 is 11.8 Å². The smallest absolute Gasteiger partial charge is 0.273 e. The first kappa shape index (κ1) is 20.9. The van der Waals surface area contributed by atoms with Crippen LogP contribution in [0.25, 0.3) is 0 Å². The molecule has 2 N–H and O–H groups in total. The maximum atomic E-state index is 12.3. The summed E-state index contributed by atoms with van der Waals surface area (Å²) in [7, 11) is 0. The van der Waals surface area contributed by atoms with Crippen molar-refractivity contribution < 1.29 is 18.7 Å². The van der Waals surface area contributed by atoms with E-state index in [2.05, 4.69) is 15.6 Å². The number of aryl methyl sites for hydroxylation is 3. The third kappa shape index (κ3) is 5.82. The average molecular weight is 399 g/mol. The van der Waals surface area contributed by atoms with Crippen LogP contribution in [0.5, 0.6) is 5.75 Å². The molecule has 156 valence electrons. The van der Waals surface area contributed by atoms with Crippen molar-refractivity contribution in [2.45, 2.75) is 65.0 Å². The van der Waals surface area contributed by atoms with Crippen LogP contribution in [0.2, 0.25) is 0 Å². The lowest BCUT2D eigenvalue weighted by Gasteiger charge is -2.29. The molecule has 3 rings (SSSR count). The number of nitrogens with zero attached hydrogens (tertiary/aromatic N) is 1. The predicted molar refractivity (Wildman–Crippen MR) is 109 cm³/mol.